The Hall–Kier alpha value is -0.180. The van der Waals surface area contributed by atoms with E-state index in [0.29, 0.717) is 12.6 Å². The summed E-state index contributed by atoms with van der Waals surface area (Å²) in [6.45, 7) is 1.38. The Balaban J connectivity index is 1.80. The van der Waals surface area contributed by atoms with E-state index in [2.05, 4.69) is 10.0 Å². The second-order valence-electron chi connectivity index (χ2n) is 5.05. The van der Waals surface area contributed by atoms with Gasteiger partial charge in [-0.15, -0.1) is 0 Å². The number of rotatable bonds is 5. The zero-order valence-electron chi connectivity index (χ0n) is 10.3. The fourth-order valence-electron chi connectivity index (χ4n) is 2.50. The molecule has 0 aromatic rings. The molecule has 0 saturated carbocycles. The standard InChI is InChI=1S/C10H20N2O4S2/c13-17(14)7-4-10(8-17)18(15,16)12-6-3-9-2-1-5-11-9/h9-12H,1-8H2/t9-,10?/m0/s1. The largest absolute Gasteiger partial charge is 0.314 e. The van der Waals surface area contributed by atoms with Gasteiger partial charge in [0.2, 0.25) is 10.0 Å². The second kappa shape index (κ2) is 5.44. The van der Waals surface area contributed by atoms with E-state index in [9.17, 15) is 16.8 Å². The van der Waals surface area contributed by atoms with Crippen LogP contribution in [0.2, 0.25) is 0 Å². The smallest absolute Gasteiger partial charge is 0.215 e. The van der Waals surface area contributed by atoms with Gasteiger partial charge in [0.1, 0.15) is 0 Å². The maximum absolute atomic E-state index is 11.9. The highest BCUT2D eigenvalue weighted by Crippen LogP contribution is 2.18. The van der Waals surface area contributed by atoms with E-state index in [1.807, 2.05) is 0 Å². The normalized spacial score (nSPS) is 31.8. The van der Waals surface area contributed by atoms with Gasteiger partial charge in [-0.05, 0) is 32.2 Å². The Morgan fingerprint density at radius 2 is 2.06 bits per heavy atom. The van der Waals surface area contributed by atoms with Gasteiger partial charge in [-0.2, -0.15) is 0 Å². The van der Waals surface area contributed by atoms with Gasteiger partial charge < -0.3 is 5.32 Å². The number of hydrogen-bond acceptors (Lipinski definition) is 5. The summed E-state index contributed by atoms with van der Waals surface area (Å²) in [5.74, 6) is -0.243. The minimum Gasteiger partial charge on any atom is -0.314 e. The fourth-order valence-corrected chi connectivity index (χ4v) is 6.60. The lowest BCUT2D eigenvalue weighted by Crippen LogP contribution is -2.37. The van der Waals surface area contributed by atoms with E-state index < -0.39 is 25.1 Å². The lowest BCUT2D eigenvalue weighted by Gasteiger charge is -2.13. The minimum absolute atomic E-state index is 0.0112. The summed E-state index contributed by atoms with van der Waals surface area (Å²) in [4.78, 5) is 0. The van der Waals surface area contributed by atoms with E-state index >= 15 is 0 Å². The van der Waals surface area contributed by atoms with Crippen LogP contribution in [0.5, 0.6) is 0 Å². The molecule has 0 amide bonds. The van der Waals surface area contributed by atoms with Crippen molar-refractivity contribution < 1.29 is 16.8 Å². The van der Waals surface area contributed by atoms with Gasteiger partial charge in [0, 0.05) is 12.6 Å². The molecular formula is C10H20N2O4S2. The van der Waals surface area contributed by atoms with Crippen molar-refractivity contribution in [2.24, 2.45) is 0 Å². The van der Waals surface area contributed by atoms with Crippen molar-refractivity contribution in [2.75, 3.05) is 24.6 Å². The van der Waals surface area contributed by atoms with Crippen molar-refractivity contribution in [1.82, 2.24) is 10.0 Å². The van der Waals surface area contributed by atoms with E-state index in [4.69, 9.17) is 0 Å². The topological polar surface area (TPSA) is 92.3 Å². The molecule has 2 fully saturated rings. The van der Waals surface area contributed by atoms with Crippen LogP contribution in [0.25, 0.3) is 0 Å². The Kier molecular flexibility index (Phi) is 4.30. The van der Waals surface area contributed by atoms with Crippen LogP contribution in [-0.4, -0.2) is 52.7 Å². The highest BCUT2D eigenvalue weighted by molar-refractivity contribution is 7.95. The van der Waals surface area contributed by atoms with E-state index in [1.54, 1.807) is 0 Å². The molecule has 6 nitrogen and oxygen atoms in total. The Morgan fingerprint density at radius 1 is 1.28 bits per heavy atom. The molecule has 2 aliphatic heterocycles. The quantitative estimate of drug-likeness (QED) is 0.695. The van der Waals surface area contributed by atoms with Crippen LogP contribution in [0, 0.1) is 0 Å². The molecule has 0 aliphatic carbocycles. The summed E-state index contributed by atoms with van der Waals surface area (Å²) < 4.78 is 48.9. The highest BCUT2D eigenvalue weighted by Gasteiger charge is 2.36. The first-order chi connectivity index (χ1) is 8.39. The van der Waals surface area contributed by atoms with E-state index in [0.717, 1.165) is 25.8 Å². The third-order valence-corrected chi connectivity index (χ3v) is 7.45. The third-order valence-electron chi connectivity index (χ3n) is 3.59. The molecule has 8 heteroatoms. The van der Waals surface area contributed by atoms with Crippen LogP contribution in [0.3, 0.4) is 0 Å². The molecule has 2 N–H and O–H groups in total. The molecule has 2 rings (SSSR count). The monoisotopic (exact) mass is 296 g/mol. The van der Waals surface area contributed by atoms with Gasteiger partial charge in [-0.25, -0.2) is 21.6 Å². The molecule has 2 aliphatic rings. The molecule has 0 radical (unpaired) electrons. The van der Waals surface area contributed by atoms with Gasteiger partial charge in [0.15, 0.2) is 9.84 Å². The van der Waals surface area contributed by atoms with Crippen LogP contribution in [0.1, 0.15) is 25.7 Å². The summed E-state index contributed by atoms with van der Waals surface area (Å²) in [5.41, 5.74) is 0. The van der Waals surface area contributed by atoms with Crippen molar-refractivity contribution in [3.05, 3.63) is 0 Å². The van der Waals surface area contributed by atoms with Crippen molar-refractivity contribution in [3.8, 4) is 0 Å². The first kappa shape index (κ1) is 14.2. The number of hydrogen-bond donors (Lipinski definition) is 2. The summed E-state index contributed by atoms with van der Waals surface area (Å²) in [6.07, 6.45) is 3.20. The first-order valence-corrected chi connectivity index (χ1v) is 9.68. The van der Waals surface area contributed by atoms with Crippen molar-refractivity contribution in [3.63, 3.8) is 0 Å². The van der Waals surface area contributed by atoms with Gasteiger partial charge in [0.25, 0.3) is 0 Å². The zero-order valence-corrected chi connectivity index (χ0v) is 11.9. The minimum atomic E-state index is -3.48. The van der Waals surface area contributed by atoms with Crippen molar-refractivity contribution in [2.45, 2.75) is 37.0 Å². The molecule has 2 atom stereocenters. The molecular weight excluding hydrogens is 276 g/mol. The average molecular weight is 296 g/mol. The van der Waals surface area contributed by atoms with Crippen LogP contribution in [0.15, 0.2) is 0 Å². The lowest BCUT2D eigenvalue weighted by molar-refractivity contribution is 0.534. The van der Waals surface area contributed by atoms with Crippen LogP contribution < -0.4 is 10.0 Å². The average Bonchev–Trinajstić information content (AvgIpc) is 2.87. The second-order valence-corrected chi connectivity index (χ2v) is 9.32. The SMILES string of the molecule is O=S1(=O)CCC(S(=O)(=O)NCC[C@@H]2CCCN2)C1. The molecule has 2 saturated heterocycles. The van der Waals surface area contributed by atoms with Crippen LogP contribution in [0.4, 0.5) is 0 Å². The van der Waals surface area contributed by atoms with Crippen LogP contribution in [-0.2, 0) is 19.9 Å². The molecule has 1 unspecified atom stereocenters. The Bertz CT molecular complexity index is 480. The fraction of sp³-hybridized carbons (Fsp3) is 1.00. The maximum atomic E-state index is 11.9. The molecule has 18 heavy (non-hydrogen) atoms. The molecule has 0 aromatic carbocycles. The predicted octanol–water partition coefficient (Wildman–Crippen LogP) is -0.765. The third kappa shape index (κ3) is 3.66. The van der Waals surface area contributed by atoms with Gasteiger partial charge in [0.05, 0.1) is 16.8 Å². The summed E-state index contributed by atoms with van der Waals surface area (Å²) in [6, 6.07) is 0.389. The van der Waals surface area contributed by atoms with Gasteiger partial charge in [-0.3, -0.25) is 0 Å². The van der Waals surface area contributed by atoms with Crippen molar-refractivity contribution in [1.29, 1.82) is 0 Å². The lowest BCUT2D eigenvalue weighted by atomic mass is 10.2. The van der Waals surface area contributed by atoms with Gasteiger partial charge >= 0.3 is 0 Å². The molecule has 2 heterocycles. The number of nitrogens with one attached hydrogen (secondary N) is 2. The van der Waals surface area contributed by atoms with Crippen LogP contribution >= 0.6 is 0 Å². The molecule has 0 aromatic heterocycles. The predicted molar refractivity (Wildman–Crippen MR) is 69.6 cm³/mol. The number of sulfonamides is 1. The molecule has 106 valence electrons. The van der Waals surface area contributed by atoms with E-state index in [1.165, 1.54) is 0 Å². The Morgan fingerprint density at radius 3 is 2.61 bits per heavy atom. The summed E-state index contributed by atoms with van der Waals surface area (Å²) in [7, 11) is -6.63. The Labute approximate surface area is 108 Å². The van der Waals surface area contributed by atoms with Gasteiger partial charge in [-0.1, -0.05) is 0 Å². The summed E-state index contributed by atoms with van der Waals surface area (Å²) >= 11 is 0. The summed E-state index contributed by atoms with van der Waals surface area (Å²) in [5, 5.41) is 2.53. The zero-order chi connectivity index (χ0) is 13.2. The van der Waals surface area contributed by atoms with Crippen molar-refractivity contribution >= 4 is 19.9 Å². The number of sulfone groups is 1. The molecule has 0 bridgehead atoms. The maximum Gasteiger partial charge on any atom is 0.215 e. The first-order valence-electron chi connectivity index (χ1n) is 6.31. The molecule has 0 spiro atoms. The van der Waals surface area contributed by atoms with E-state index in [-0.39, 0.29) is 17.9 Å². The highest BCUT2D eigenvalue weighted by atomic mass is 32.2.